The molecule has 0 spiro atoms. The van der Waals surface area contributed by atoms with Crippen LogP contribution in [0.3, 0.4) is 0 Å². The van der Waals surface area contributed by atoms with Crippen LogP contribution in [-0.4, -0.2) is 10.5 Å². The zero-order valence-corrected chi connectivity index (χ0v) is 19.5. The lowest BCUT2D eigenvalue weighted by molar-refractivity contribution is 1.27. The van der Waals surface area contributed by atoms with Crippen molar-refractivity contribution in [1.82, 2.24) is 0 Å². The molecule has 2 atom stereocenters. The van der Waals surface area contributed by atoms with Gasteiger partial charge in [0.1, 0.15) is 0 Å². The minimum atomic E-state index is 0.475. The van der Waals surface area contributed by atoms with Gasteiger partial charge in [-0.2, -0.15) is 0 Å². The highest BCUT2D eigenvalue weighted by Crippen LogP contribution is 2.36. The Kier molecular flexibility index (Phi) is 4.14. The average molecular weight is 532 g/mol. The van der Waals surface area contributed by atoms with Crippen LogP contribution in [0.5, 0.6) is 0 Å². The first-order valence-corrected chi connectivity index (χ1v) is 12.9. The Balaban J connectivity index is 1.62. The van der Waals surface area contributed by atoms with Gasteiger partial charge in [-0.05, 0) is 56.7 Å². The molecule has 0 aromatic heterocycles. The summed E-state index contributed by atoms with van der Waals surface area (Å²) in [6.07, 6.45) is 9.36. The zero-order valence-electron chi connectivity index (χ0n) is 13.9. The van der Waals surface area contributed by atoms with E-state index >= 15 is 0 Å². The summed E-state index contributed by atoms with van der Waals surface area (Å²) in [4.78, 5) is 2.67. The van der Waals surface area contributed by atoms with Gasteiger partial charge in [0.2, 0.25) is 0 Å². The lowest BCUT2D eigenvalue weighted by atomic mass is 10.2. The highest BCUT2D eigenvalue weighted by molar-refractivity contribution is 9.10. The van der Waals surface area contributed by atoms with Crippen molar-refractivity contribution in [3.8, 4) is 0 Å². The summed E-state index contributed by atoms with van der Waals surface area (Å²) < 4.78 is 2.30. The van der Waals surface area contributed by atoms with Crippen LogP contribution < -0.4 is 20.9 Å². The molecule has 6 rings (SSSR count). The van der Waals surface area contributed by atoms with Gasteiger partial charge in [-0.3, -0.25) is 0 Å². The summed E-state index contributed by atoms with van der Waals surface area (Å²) in [5.74, 6) is 0. The summed E-state index contributed by atoms with van der Waals surface area (Å²) in [6.45, 7) is 0. The van der Waals surface area contributed by atoms with Crippen molar-refractivity contribution < 1.29 is 0 Å². The van der Waals surface area contributed by atoms with Gasteiger partial charge >= 0.3 is 0 Å². The predicted octanol–water partition coefficient (Wildman–Crippen LogP) is 4.51. The third-order valence-electron chi connectivity index (χ3n) is 5.21. The van der Waals surface area contributed by atoms with Crippen LogP contribution in [0.2, 0.25) is 0 Å². The molecular weight excluding hydrogens is 520 g/mol. The lowest BCUT2D eigenvalue weighted by Gasteiger charge is -2.08. The first kappa shape index (κ1) is 17.3. The van der Waals surface area contributed by atoms with Crippen LogP contribution in [0.25, 0.3) is 23.3 Å². The fourth-order valence-corrected chi connectivity index (χ4v) is 8.59. The maximum Gasteiger partial charge on any atom is 0.0534 e. The Morgan fingerprint density at radius 2 is 1.19 bits per heavy atom. The van der Waals surface area contributed by atoms with E-state index < -0.39 is 0 Å². The van der Waals surface area contributed by atoms with Crippen molar-refractivity contribution in [2.45, 2.75) is 20.3 Å². The van der Waals surface area contributed by atoms with Gasteiger partial charge in [-0.25, -0.2) is 0 Å². The molecule has 0 bridgehead atoms. The van der Waals surface area contributed by atoms with E-state index in [2.05, 4.69) is 91.2 Å². The molecule has 0 amide bonds. The van der Waals surface area contributed by atoms with Gasteiger partial charge in [0.25, 0.3) is 0 Å². The molecule has 2 aliphatic heterocycles. The van der Waals surface area contributed by atoms with Crippen LogP contribution in [0.1, 0.15) is 0 Å². The number of benzene rings is 2. The Morgan fingerprint density at radius 3 is 1.67 bits per heavy atom. The van der Waals surface area contributed by atoms with Crippen LogP contribution >= 0.6 is 67.1 Å². The molecule has 2 aromatic rings. The number of fused-ring (bicyclic) bond motifs is 4. The fourth-order valence-electron chi connectivity index (χ4n) is 4.13. The maximum atomic E-state index is 3.73. The second kappa shape index (κ2) is 6.46. The first-order valence-electron chi connectivity index (χ1n) is 8.60. The molecule has 27 heavy (non-hydrogen) atoms. The topological polar surface area (TPSA) is 0 Å². The Bertz CT molecular complexity index is 1230. The highest BCUT2D eigenvalue weighted by Gasteiger charge is 2.24. The molecule has 0 N–H and O–H groups in total. The maximum absolute atomic E-state index is 3.73. The second-order valence-electron chi connectivity index (χ2n) is 6.80. The van der Waals surface area contributed by atoms with Crippen molar-refractivity contribution in [3.63, 3.8) is 0 Å². The van der Waals surface area contributed by atoms with E-state index in [1.54, 1.807) is 0 Å². The standard InChI is InChI=1S/C22H12Br2S3/c23-13-5-11-7-17-15(1-3-25-17)21(11)19(9-13)27-20-10-14(24)6-12-8-18-16(22(12)20)2-4-26-18/h1-10,17-18H. The molecule has 0 radical (unpaired) electrons. The van der Waals surface area contributed by atoms with Crippen molar-refractivity contribution in [2.75, 3.05) is 0 Å². The smallest absolute Gasteiger partial charge is 0.0534 e. The van der Waals surface area contributed by atoms with E-state index in [4.69, 9.17) is 0 Å². The minimum Gasteiger partial charge on any atom is -0.122 e. The Labute approximate surface area is 186 Å². The second-order valence-corrected chi connectivity index (χ2v) is 11.8. The lowest BCUT2D eigenvalue weighted by Crippen LogP contribution is -2.28. The van der Waals surface area contributed by atoms with Gasteiger partial charge in [-0.15, -0.1) is 23.5 Å². The largest absolute Gasteiger partial charge is 0.122 e. The van der Waals surface area contributed by atoms with Gasteiger partial charge in [0, 0.05) is 29.2 Å². The normalized spacial score (nSPS) is 23.2. The van der Waals surface area contributed by atoms with Crippen LogP contribution in [0.4, 0.5) is 0 Å². The number of allylic oxidation sites excluding steroid dienone is 2. The molecule has 2 aromatic carbocycles. The summed E-state index contributed by atoms with van der Waals surface area (Å²) in [5, 5.41) is 10.9. The molecule has 0 nitrogen and oxygen atoms in total. The zero-order chi connectivity index (χ0) is 18.1. The third-order valence-corrected chi connectivity index (χ3v) is 9.16. The van der Waals surface area contributed by atoms with Gasteiger partial charge in [0.15, 0.2) is 0 Å². The van der Waals surface area contributed by atoms with E-state index in [0.717, 1.165) is 8.95 Å². The molecule has 132 valence electrons. The fraction of sp³-hybridized carbons (Fsp3) is 0.0909. The van der Waals surface area contributed by atoms with Crippen molar-refractivity contribution in [3.05, 3.63) is 77.1 Å². The molecule has 0 saturated carbocycles. The van der Waals surface area contributed by atoms with Crippen LogP contribution in [0, 0.1) is 0 Å². The van der Waals surface area contributed by atoms with Crippen molar-refractivity contribution >= 4 is 90.4 Å². The minimum absolute atomic E-state index is 0.475. The molecule has 4 aliphatic rings. The van der Waals surface area contributed by atoms with E-state index in [0.29, 0.717) is 10.5 Å². The summed E-state index contributed by atoms with van der Waals surface area (Å²) >= 11 is 13.2. The Hall–Kier alpha value is -0.590. The van der Waals surface area contributed by atoms with Crippen LogP contribution in [-0.2, 0) is 0 Å². The molecule has 2 unspecified atom stereocenters. The average Bonchev–Trinajstić information content (AvgIpc) is 3.32. The molecule has 0 saturated heterocycles. The van der Waals surface area contributed by atoms with Crippen LogP contribution in [0.15, 0.2) is 66.0 Å². The summed E-state index contributed by atoms with van der Waals surface area (Å²) in [5.41, 5.74) is 2.90. The van der Waals surface area contributed by atoms with Gasteiger partial charge in [-0.1, -0.05) is 67.9 Å². The van der Waals surface area contributed by atoms with Gasteiger partial charge < -0.3 is 0 Å². The van der Waals surface area contributed by atoms with Crippen molar-refractivity contribution in [2.24, 2.45) is 0 Å². The molecule has 2 aliphatic carbocycles. The Morgan fingerprint density at radius 1 is 0.704 bits per heavy atom. The van der Waals surface area contributed by atoms with E-state index in [1.165, 1.54) is 41.8 Å². The quantitative estimate of drug-likeness (QED) is 0.559. The third kappa shape index (κ3) is 2.73. The monoisotopic (exact) mass is 530 g/mol. The van der Waals surface area contributed by atoms with E-state index in [1.807, 2.05) is 35.3 Å². The number of hydrogen-bond donors (Lipinski definition) is 0. The number of thioether (sulfide) groups is 2. The van der Waals surface area contributed by atoms with Crippen molar-refractivity contribution in [1.29, 1.82) is 0 Å². The summed E-state index contributed by atoms with van der Waals surface area (Å²) in [6, 6.07) is 9.05. The van der Waals surface area contributed by atoms with E-state index in [9.17, 15) is 0 Å². The molecular formula is C22H12Br2S3. The van der Waals surface area contributed by atoms with E-state index in [-0.39, 0.29) is 0 Å². The first-order chi connectivity index (χ1) is 13.2. The number of halogens is 2. The number of hydrogen-bond acceptors (Lipinski definition) is 3. The molecule has 5 heteroatoms. The molecule has 2 heterocycles. The highest BCUT2D eigenvalue weighted by atomic mass is 79.9. The molecule has 0 fully saturated rings. The summed E-state index contributed by atoms with van der Waals surface area (Å²) in [7, 11) is 0. The van der Waals surface area contributed by atoms with Gasteiger partial charge in [0.05, 0.1) is 10.5 Å². The number of rotatable bonds is 2. The predicted molar refractivity (Wildman–Crippen MR) is 128 cm³/mol. The SMILES string of the molecule is Brc1cc(Sc2cc(Br)cc3c2=C2C=CSC2C=3)c2c(c1)=CC1SC=CC=21.